The lowest BCUT2D eigenvalue weighted by Crippen LogP contribution is -2.45. The van der Waals surface area contributed by atoms with Gasteiger partial charge in [0.25, 0.3) is 0 Å². The summed E-state index contributed by atoms with van der Waals surface area (Å²) in [6.07, 6.45) is 12.4. The Kier molecular flexibility index (Phi) is 9.89. The molecule has 0 saturated carbocycles. The van der Waals surface area contributed by atoms with Crippen molar-refractivity contribution in [2.45, 2.75) is 34.1 Å². The molecular formula is C27H37N5. The zero-order valence-electron chi connectivity index (χ0n) is 19.9. The molecule has 1 aliphatic rings. The molecule has 0 unspecified atom stereocenters. The van der Waals surface area contributed by atoms with E-state index in [0.29, 0.717) is 18.2 Å². The summed E-state index contributed by atoms with van der Waals surface area (Å²) in [7, 11) is 0. The lowest BCUT2D eigenvalue weighted by Gasteiger charge is -2.31. The molecule has 32 heavy (non-hydrogen) atoms. The van der Waals surface area contributed by atoms with Crippen LogP contribution in [0.3, 0.4) is 0 Å². The molecule has 0 radical (unpaired) electrons. The first-order valence-corrected chi connectivity index (χ1v) is 11.2. The average molecular weight is 432 g/mol. The number of nitrogens with zero attached hydrogens (tertiary/aromatic N) is 2. The van der Waals surface area contributed by atoms with Crippen molar-refractivity contribution in [2.24, 2.45) is 10.9 Å². The number of aliphatic imine (C=N–C) groups is 1. The molecule has 1 heterocycles. The van der Waals surface area contributed by atoms with E-state index in [9.17, 15) is 0 Å². The number of nitrogens with one attached hydrogen (secondary N) is 3. The third kappa shape index (κ3) is 6.92. The molecule has 5 heteroatoms. The quantitative estimate of drug-likeness (QED) is 0.380. The highest BCUT2D eigenvalue weighted by molar-refractivity contribution is 6.12. The van der Waals surface area contributed by atoms with E-state index in [1.807, 2.05) is 56.6 Å². The predicted molar refractivity (Wildman–Crippen MR) is 140 cm³/mol. The Morgan fingerprint density at radius 1 is 1.25 bits per heavy atom. The summed E-state index contributed by atoms with van der Waals surface area (Å²) in [4.78, 5) is 4.57. The van der Waals surface area contributed by atoms with Crippen LogP contribution in [0.4, 0.5) is 0 Å². The Morgan fingerprint density at radius 2 is 2.00 bits per heavy atom. The van der Waals surface area contributed by atoms with Gasteiger partial charge in [0.05, 0.1) is 11.4 Å². The summed E-state index contributed by atoms with van der Waals surface area (Å²) in [5.41, 5.74) is 9.38. The van der Waals surface area contributed by atoms with Gasteiger partial charge in [-0.05, 0) is 55.0 Å². The fourth-order valence-electron chi connectivity index (χ4n) is 3.32. The smallest absolute Gasteiger partial charge is 0.0865 e. The molecule has 1 saturated heterocycles. The lowest BCUT2D eigenvalue weighted by molar-refractivity contribution is 0.134. The van der Waals surface area contributed by atoms with E-state index in [0.717, 1.165) is 41.2 Å². The van der Waals surface area contributed by atoms with Crippen LogP contribution in [0.25, 0.3) is 12.2 Å². The number of hydrazine groups is 1. The van der Waals surface area contributed by atoms with Crippen LogP contribution in [-0.2, 0) is 0 Å². The highest BCUT2D eigenvalue weighted by Crippen LogP contribution is 2.19. The second-order valence-corrected chi connectivity index (χ2v) is 8.08. The van der Waals surface area contributed by atoms with E-state index in [1.54, 1.807) is 12.2 Å². The fourth-order valence-corrected chi connectivity index (χ4v) is 3.32. The van der Waals surface area contributed by atoms with Gasteiger partial charge in [-0.3, -0.25) is 10.4 Å². The fraction of sp³-hybridized carbons (Fsp3) is 0.333. The van der Waals surface area contributed by atoms with Crippen molar-refractivity contribution >= 4 is 24.1 Å². The van der Waals surface area contributed by atoms with Crippen LogP contribution in [0.5, 0.6) is 0 Å². The molecular weight excluding hydrogens is 394 g/mol. The van der Waals surface area contributed by atoms with E-state index >= 15 is 0 Å². The Hall–Kier alpha value is -3.18. The van der Waals surface area contributed by atoms with E-state index in [1.165, 1.54) is 12.0 Å². The molecule has 0 aliphatic carbocycles. The van der Waals surface area contributed by atoms with Crippen molar-refractivity contribution in [2.75, 3.05) is 19.6 Å². The van der Waals surface area contributed by atoms with Crippen LogP contribution in [0.1, 0.15) is 50.8 Å². The van der Waals surface area contributed by atoms with Crippen molar-refractivity contribution < 1.29 is 0 Å². The highest BCUT2D eigenvalue weighted by Gasteiger charge is 2.16. The van der Waals surface area contributed by atoms with Gasteiger partial charge in [0.15, 0.2) is 0 Å². The van der Waals surface area contributed by atoms with Gasteiger partial charge in [-0.25, -0.2) is 5.01 Å². The van der Waals surface area contributed by atoms with Gasteiger partial charge in [-0.15, -0.1) is 0 Å². The minimum Gasteiger partial charge on any atom is -0.378 e. The number of hydrogen-bond acceptors (Lipinski definition) is 5. The highest BCUT2D eigenvalue weighted by atomic mass is 15.5. The number of hydrogen-bond donors (Lipinski definition) is 3. The summed E-state index contributed by atoms with van der Waals surface area (Å²) in [5.74, 6) is 0.330. The lowest BCUT2D eigenvalue weighted by atomic mass is 9.97. The first-order valence-electron chi connectivity index (χ1n) is 11.2. The SMILES string of the molecule is C=Cc1ccc(C=C)c(C(=N)/C(=C\NN2CCC2)NC\C(=C(C)/N=C\C=C/C)C(C)C)c1. The Balaban J connectivity index is 2.35. The molecule has 0 spiro atoms. The van der Waals surface area contributed by atoms with E-state index < -0.39 is 0 Å². The van der Waals surface area contributed by atoms with Crippen LogP contribution in [0.2, 0.25) is 0 Å². The second-order valence-electron chi connectivity index (χ2n) is 8.08. The van der Waals surface area contributed by atoms with Gasteiger partial charge >= 0.3 is 0 Å². The molecule has 2 rings (SSSR count). The number of allylic oxidation sites excluding steroid dienone is 4. The van der Waals surface area contributed by atoms with Gasteiger partial charge < -0.3 is 10.7 Å². The van der Waals surface area contributed by atoms with Gasteiger partial charge in [-0.1, -0.05) is 57.4 Å². The van der Waals surface area contributed by atoms with Crippen LogP contribution in [-0.4, -0.2) is 36.6 Å². The first-order chi connectivity index (χ1) is 15.4. The maximum Gasteiger partial charge on any atom is 0.0865 e. The van der Waals surface area contributed by atoms with Crippen molar-refractivity contribution in [3.63, 3.8) is 0 Å². The Morgan fingerprint density at radius 3 is 2.56 bits per heavy atom. The summed E-state index contributed by atoms with van der Waals surface area (Å²) in [6.45, 7) is 18.8. The number of benzene rings is 1. The van der Waals surface area contributed by atoms with Gasteiger partial charge in [0.1, 0.15) is 0 Å². The Bertz CT molecular complexity index is 943. The molecule has 1 aliphatic heterocycles. The summed E-state index contributed by atoms with van der Waals surface area (Å²) < 4.78 is 0. The van der Waals surface area contributed by atoms with Crippen LogP contribution in [0.15, 0.2) is 71.7 Å². The Labute approximate surface area is 193 Å². The molecule has 0 bridgehead atoms. The summed E-state index contributed by atoms with van der Waals surface area (Å²) >= 11 is 0. The summed E-state index contributed by atoms with van der Waals surface area (Å²) in [6, 6.07) is 5.95. The maximum absolute atomic E-state index is 8.99. The monoisotopic (exact) mass is 431 g/mol. The molecule has 5 nitrogen and oxygen atoms in total. The number of rotatable bonds is 12. The van der Waals surface area contributed by atoms with Crippen molar-refractivity contribution in [3.05, 3.63) is 83.4 Å². The molecule has 0 amide bonds. The molecule has 0 aromatic heterocycles. The van der Waals surface area contributed by atoms with Crippen molar-refractivity contribution in [3.8, 4) is 0 Å². The molecule has 1 aromatic rings. The van der Waals surface area contributed by atoms with Gasteiger partial charge in [0, 0.05) is 43.3 Å². The zero-order valence-corrected chi connectivity index (χ0v) is 19.9. The second kappa shape index (κ2) is 12.6. The van der Waals surface area contributed by atoms with Crippen LogP contribution < -0.4 is 10.7 Å². The van der Waals surface area contributed by atoms with Gasteiger partial charge in [0.2, 0.25) is 0 Å². The predicted octanol–water partition coefficient (Wildman–Crippen LogP) is 5.56. The normalized spacial score (nSPS) is 15.6. The minimum atomic E-state index is 0.330. The van der Waals surface area contributed by atoms with Crippen LogP contribution >= 0.6 is 0 Å². The van der Waals surface area contributed by atoms with E-state index in [2.05, 4.69) is 47.7 Å². The standard InChI is InChI=1S/C27H37N5/c1-7-10-14-29-21(6)25(20(4)5)18-30-26(19-31-32-15-11-16-32)27(28)24-17-22(8-2)12-13-23(24)9-3/h7-10,12-14,17,19-20,28,30-31H,2-3,11,15-16,18H2,1,4-6H3/b10-7-,25-21+,26-19+,28-27?,29-14-. The van der Waals surface area contributed by atoms with E-state index in [-0.39, 0.29) is 0 Å². The van der Waals surface area contributed by atoms with Crippen molar-refractivity contribution in [1.29, 1.82) is 5.41 Å². The minimum absolute atomic E-state index is 0.330. The molecule has 1 fully saturated rings. The average Bonchev–Trinajstić information content (AvgIpc) is 2.75. The van der Waals surface area contributed by atoms with Crippen molar-refractivity contribution in [1.82, 2.24) is 15.8 Å². The van der Waals surface area contributed by atoms with Crippen LogP contribution in [0, 0.1) is 11.3 Å². The third-order valence-electron chi connectivity index (χ3n) is 5.50. The topological polar surface area (TPSA) is 63.5 Å². The third-order valence-corrected chi connectivity index (χ3v) is 5.50. The van der Waals surface area contributed by atoms with Gasteiger partial charge in [-0.2, -0.15) is 0 Å². The maximum atomic E-state index is 8.99. The molecule has 170 valence electrons. The summed E-state index contributed by atoms with van der Waals surface area (Å²) in [5, 5.41) is 14.6. The molecule has 0 atom stereocenters. The largest absolute Gasteiger partial charge is 0.378 e. The van der Waals surface area contributed by atoms with E-state index in [4.69, 9.17) is 5.41 Å². The first kappa shape index (κ1) is 25.1. The molecule has 3 N–H and O–H groups in total. The molecule has 1 aromatic carbocycles. The zero-order chi connectivity index (χ0) is 23.5.